The van der Waals surface area contributed by atoms with Crippen LogP contribution in [-0.4, -0.2) is 101 Å². The second-order valence-electron chi connectivity index (χ2n) is 4.94. The van der Waals surface area contributed by atoms with Crippen molar-refractivity contribution in [2.24, 2.45) is 5.73 Å². The molecule has 152 valence electrons. The Morgan fingerprint density at radius 3 is 1.96 bits per heavy atom. The van der Waals surface area contributed by atoms with Gasteiger partial charge in [-0.2, -0.15) is 0 Å². The topological polar surface area (TPSA) is 201 Å². The molecule has 0 rings (SSSR count). The summed E-state index contributed by atoms with van der Waals surface area (Å²) in [5.74, 6) is 0. The number of nitrogens with two attached hydrogens (primary N) is 1. The summed E-state index contributed by atoms with van der Waals surface area (Å²) >= 11 is 0. The van der Waals surface area contributed by atoms with E-state index < -0.39 is 39.0 Å². The number of aliphatic hydroxyl groups excluding tert-OH is 4. The van der Waals surface area contributed by atoms with Gasteiger partial charge in [-0.3, -0.25) is 4.52 Å². The van der Waals surface area contributed by atoms with E-state index in [0.717, 1.165) is 0 Å². The number of ether oxygens (including phenoxy) is 3. The van der Waals surface area contributed by atoms with Gasteiger partial charge < -0.3 is 50.2 Å². The fourth-order valence-corrected chi connectivity index (χ4v) is 1.93. The molecule has 4 atom stereocenters. The Morgan fingerprint density at radius 2 is 1.40 bits per heavy atom. The summed E-state index contributed by atoms with van der Waals surface area (Å²) in [5, 5.41) is 38.5. The van der Waals surface area contributed by atoms with E-state index in [1.165, 1.54) is 0 Å². The number of phosphoric acid groups is 1. The van der Waals surface area contributed by atoms with Gasteiger partial charge in [0.2, 0.25) is 0 Å². The first kappa shape index (κ1) is 24.8. The summed E-state index contributed by atoms with van der Waals surface area (Å²) in [6, 6.07) is 0. The predicted molar refractivity (Wildman–Crippen MR) is 83.3 cm³/mol. The van der Waals surface area contributed by atoms with Crippen LogP contribution < -0.4 is 5.73 Å². The molecule has 8 N–H and O–H groups in total. The SMILES string of the molecule is NCCOCCOCCOC(O)C(O)C(O)C(O)CCOP(=O)(O)O. The van der Waals surface area contributed by atoms with E-state index in [4.69, 9.17) is 29.7 Å². The molecule has 0 aromatic carbocycles. The lowest BCUT2D eigenvalue weighted by atomic mass is 10.1. The molecule has 0 heterocycles. The van der Waals surface area contributed by atoms with E-state index in [-0.39, 0.29) is 19.6 Å². The second-order valence-corrected chi connectivity index (χ2v) is 6.18. The second kappa shape index (κ2) is 13.9. The largest absolute Gasteiger partial charge is 0.469 e. The van der Waals surface area contributed by atoms with Crippen LogP contribution in [0.2, 0.25) is 0 Å². The van der Waals surface area contributed by atoms with Gasteiger partial charge in [0.15, 0.2) is 6.29 Å². The van der Waals surface area contributed by atoms with Gasteiger partial charge in [0, 0.05) is 6.54 Å². The molecule has 0 saturated heterocycles. The van der Waals surface area contributed by atoms with Gasteiger partial charge in [0.25, 0.3) is 0 Å². The summed E-state index contributed by atoms with van der Waals surface area (Å²) < 4.78 is 29.6. The highest BCUT2D eigenvalue weighted by Gasteiger charge is 2.31. The highest BCUT2D eigenvalue weighted by molar-refractivity contribution is 7.46. The van der Waals surface area contributed by atoms with Crippen LogP contribution in [0.1, 0.15) is 6.42 Å². The number of hydrogen-bond donors (Lipinski definition) is 7. The quantitative estimate of drug-likeness (QED) is 0.0792. The molecular weight excluding hydrogens is 365 g/mol. The fraction of sp³-hybridized carbons (Fsp3) is 1.00. The van der Waals surface area contributed by atoms with E-state index in [2.05, 4.69) is 4.52 Å². The Labute approximate surface area is 145 Å². The molecule has 0 bridgehead atoms. The van der Waals surface area contributed by atoms with Crippen LogP contribution in [0.25, 0.3) is 0 Å². The molecule has 25 heavy (non-hydrogen) atoms. The third kappa shape index (κ3) is 13.6. The van der Waals surface area contributed by atoms with Crippen LogP contribution in [0.5, 0.6) is 0 Å². The zero-order chi connectivity index (χ0) is 19.3. The minimum Gasteiger partial charge on any atom is -0.390 e. The van der Waals surface area contributed by atoms with Crippen molar-refractivity contribution in [3.05, 3.63) is 0 Å². The van der Waals surface area contributed by atoms with Crippen molar-refractivity contribution < 1.29 is 53.5 Å². The molecule has 12 nitrogen and oxygen atoms in total. The predicted octanol–water partition coefficient (Wildman–Crippen LogP) is -3.10. The maximum Gasteiger partial charge on any atom is 0.469 e. The molecule has 0 fully saturated rings. The molecule has 0 aliphatic carbocycles. The highest BCUT2D eigenvalue weighted by Crippen LogP contribution is 2.35. The lowest BCUT2D eigenvalue weighted by Gasteiger charge is -2.26. The first-order valence-electron chi connectivity index (χ1n) is 7.58. The van der Waals surface area contributed by atoms with E-state index in [0.29, 0.717) is 26.4 Å². The van der Waals surface area contributed by atoms with Crippen molar-refractivity contribution in [1.29, 1.82) is 0 Å². The standard InChI is InChI=1S/C12H28NO11P/c13-2-4-21-5-6-22-7-8-23-12(17)11(16)10(15)9(14)1-3-24-25(18,19)20/h9-12,14-17H,1-8,13H2,(H2,18,19,20). The maximum atomic E-state index is 10.5. The lowest BCUT2D eigenvalue weighted by Crippen LogP contribution is -2.46. The fourth-order valence-electron chi connectivity index (χ4n) is 1.59. The summed E-state index contributed by atoms with van der Waals surface area (Å²) in [5.41, 5.74) is 5.23. The maximum absolute atomic E-state index is 10.5. The molecule has 0 saturated carbocycles. The van der Waals surface area contributed by atoms with Gasteiger partial charge in [0.1, 0.15) is 12.2 Å². The van der Waals surface area contributed by atoms with Crippen molar-refractivity contribution in [2.75, 3.05) is 46.2 Å². The van der Waals surface area contributed by atoms with E-state index in [1.54, 1.807) is 0 Å². The Morgan fingerprint density at radius 1 is 0.840 bits per heavy atom. The van der Waals surface area contributed by atoms with Gasteiger partial charge in [-0.25, -0.2) is 4.57 Å². The molecule has 0 aliphatic heterocycles. The summed E-state index contributed by atoms with van der Waals surface area (Å²) in [6.07, 6.45) is -7.39. The van der Waals surface area contributed by atoms with Gasteiger partial charge >= 0.3 is 7.82 Å². The smallest absolute Gasteiger partial charge is 0.390 e. The van der Waals surface area contributed by atoms with Crippen LogP contribution in [-0.2, 0) is 23.3 Å². The average Bonchev–Trinajstić information content (AvgIpc) is 2.54. The molecule has 0 aliphatic rings. The van der Waals surface area contributed by atoms with Crippen molar-refractivity contribution in [3.63, 3.8) is 0 Å². The molecule has 4 unspecified atom stereocenters. The molecule has 0 spiro atoms. The van der Waals surface area contributed by atoms with Crippen molar-refractivity contribution in [1.82, 2.24) is 0 Å². The van der Waals surface area contributed by atoms with Crippen LogP contribution in [0, 0.1) is 0 Å². The van der Waals surface area contributed by atoms with Gasteiger partial charge in [-0.05, 0) is 6.42 Å². The third-order valence-corrected chi connectivity index (χ3v) is 3.38. The van der Waals surface area contributed by atoms with E-state index in [9.17, 15) is 25.0 Å². The number of aliphatic hydroxyl groups is 4. The number of phosphoric ester groups is 1. The molecule has 0 aromatic heterocycles. The summed E-state index contributed by atoms with van der Waals surface area (Å²) in [6.45, 7) is 0.944. The molecule has 0 amide bonds. The zero-order valence-electron chi connectivity index (χ0n) is 13.7. The average molecular weight is 393 g/mol. The minimum absolute atomic E-state index is 0.0841. The minimum atomic E-state index is -4.68. The van der Waals surface area contributed by atoms with E-state index in [1.807, 2.05) is 0 Å². The third-order valence-electron chi connectivity index (χ3n) is 2.86. The number of rotatable bonds is 16. The van der Waals surface area contributed by atoms with Crippen molar-refractivity contribution >= 4 is 7.82 Å². The number of hydrogen-bond acceptors (Lipinski definition) is 10. The van der Waals surface area contributed by atoms with Gasteiger partial charge in [-0.15, -0.1) is 0 Å². The van der Waals surface area contributed by atoms with Crippen LogP contribution in [0.15, 0.2) is 0 Å². The summed E-state index contributed by atoms with van der Waals surface area (Å²) in [4.78, 5) is 17.0. The molecule has 0 radical (unpaired) electrons. The van der Waals surface area contributed by atoms with Gasteiger partial charge in [0.05, 0.1) is 45.7 Å². The molecule has 13 heteroatoms. The van der Waals surface area contributed by atoms with Crippen LogP contribution in [0.4, 0.5) is 0 Å². The Balaban J connectivity index is 3.86. The highest BCUT2D eigenvalue weighted by atomic mass is 31.2. The zero-order valence-corrected chi connectivity index (χ0v) is 14.6. The van der Waals surface area contributed by atoms with Gasteiger partial charge in [-0.1, -0.05) is 0 Å². The van der Waals surface area contributed by atoms with Crippen molar-refractivity contribution in [3.8, 4) is 0 Å². The summed E-state index contributed by atoms with van der Waals surface area (Å²) in [7, 11) is -4.68. The normalized spacial score (nSPS) is 17.2. The van der Waals surface area contributed by atoms with E-state index >= 15 is 0 Å². The Kier molecular flexibility index (Phi) is 13.8. The molecular formula is C12H28NO11P. The lowest BCUT2D eigenvalue weighted by molar-refractivity contribution is -0.207. The van der Waals surface area contributed by atoms with Crippen LogP contribution >= 0.6 is 7.82 Å². The van der Waals surface area contributed by atoms with Crippen molar-refractivity contribution in [2.45, 2.75) is 31.0 Å². The molecule has 0 aromatic rings. The Hall–Kier alpha value is -0.210. The monoisotopic (exact) mass is 393 g/mol. The first-order valence-corrected chi connectivity index (χ1v) is 9.11. The Bertz CT molecular complexity index is 369. The van der Waals surface area contributed by atoms with Crippen LogP contribution in [0.3, 0.4) is 0 Å². The first-order chi connectivity index (χ1) is 11.7.